The number of primary amides is 1. The van der Waals surface area contributed by atoms with Crippen molar-refractivity contribution < 1.29 is 9.59 Å². The van der Waals surface area contributed by atoms with Crippen LogP contribution in [-0.2, 0) is 16.0 Å². The standard InChI is InChI=1S/C29H32N8O3.ClH/c30-16-19-3-7-22(8-4-19)29(40)37(24-12-9-21(10-13-24)28-33-35-36-34-28)25(27(31)39)15-18-1-5-20(6-2-18)23-11-14-26(38)32-17-23;/h1-2,5-6,9-14,17,19,22,25H,3-4,7-8,15-16,30H2,(H2,31,39)(H,32,38)(H,33,34,35,36);1H/t19?,22?,25-;/m0./s1. The molecule has 4 aromatic rings. The summed E-state index contributed by atoms with van der Waals surface area (Å²) in [5.74, 6) is -0.0743. The quantitative estimate of drug-likeness (QED) is 0.237. The van der Waals surface area contributed by atoms with Crippen molar-refractivity contribution >= 4 is 29.9 Å². The Morgan fingerprint density at radius 3 is 2.15 bits per heavy atom. The van der Waals surface area contributed by atoms with E-state index >= 15 is 0 Å². The molecule has 5 rings (SSSR count). The molecule has 214 valence electrons. The van der Waals surface area contributed by atoms with E-state index in [2.05, 4.69) is 25.6 Å². The molecule has 0 aliphatic heterocycles. The molecule has 6 N–H and O–H groups in total. The number of nitrogens with two attached hydrogens (primary N) is 2. The minimum absolute atomic E-state index is 0. The van der Waals surface area contributed by atoms with E-state index in [0.29, 0.717) is 24.0 Å². The highest BCUT2D eigenvalue weighted by atomic mass is 35.5. The SMILES string of the molecule is Cl.NCC1CCC(C(=O)N(c2ccc(-c3nn[nH]n3)cc2)[C@@H](Cc2ccc(-c3ccc(=O)[nH]c3)cc2)C(N)=O)CC1. The van der Waals surface area contributed by atoms with Crippen molar-refractivity contribution in [3.8, 4) is 22.5 Å². The van der Waals surface area contributed by atoms with Gasteiger partial charge < -0.3 is 16.5 Å². The smallest absolute Gasteiger partial charge is 0.247 e. The van der Waals surface area contributed by atoms with Crippen LogP contribution < -0.4 is 21.9 Å². The maximum atomic E-state index is 14.0. The molecule has 1 saturated carbocycles. The van der Waals surface area contributed by atoms with Gasteiger partial charge in [-0.3, -0.25) is 19.3 Å². The number of H-pyrrole nitrogens is 2. The summed E-state index contributed by atoms with van der Waals surface area (Å²) >= 11 is 0. The molecule has 2 aromatic heterocycles. The summed E-state index contributed by atoms with van der Waals surface area (Å²) in [6, 6.07) is 17.1. The van der Waals surface area contributed by atoms with Gasteiger partial charge in [-0.1, -0.05) is 24.3 Å². The summed E-state index contributed by atoms with van der Waals surface area (Å²) in [4.78, 5) is 42.6. The van der Waals surface area contributed by atoms with Gasteiger partial charge in [0.2, 0.25) is 23.2 Å². The maximum absolute atomic E-state index is 14.0. The zero-order valence-corrected chi connectivity index (χ0v) is 23.2. The Balaban J connectivity index is 0.00000387. The molecule has 0 saturated heterocycles. The number of rotatable bonds is 9. The van der Waals surface area contributed by atoms with E-state index in [1.165, 1.54) is 6.07 Å². The first-order valence-corrected chi connectivity index (χ1v) is 13.4. The van der Waals surface area contributed by atoms with Crippen molar-refractivity contribution in [2.45, 2.75) is 38.1 Å². The van der Waals surface area contributed by atoms with E-state index in [0.717, 1.165) is 47.9 Å². The average molecular weight is 577 g/mol. The summed E-state index contributed by atoms with van der Waals surface area (Å²) in [6.07, 6.45) is 5.10. The number of nitrogens with one attached hydrogen (secondary N) is 2. The number of hydrogen-bond acceptors (Lipinski definition) is 7. The lowest BCUT2D eigenvalue weighted by molar-refractivity contribution is -0.127. The number of benzene rings is 2. The fourth-order valence-corrected chi connectivity index (χ4v) is 5.32. The molecule has 1 aliphatic carbocycles. The molecule has 1 fully saturated rings. The zero-order valence-electron chi connectivity index (χ0n) is 22.4. The second-order valence-corrected chi connectivity index (χ2v) is 10.2. The van der Waals surface area contributed by atoms with Crippen LogP contribution in [0.1, 0.15) is 31.2 Å². The Labute approximate surface area is 243 Å². The maximum Gasteiger partial charge on any atom is 0.247 e. The summed E-state index contributed by atoms with van der Waals surface area (Å²) in [5.41, 5.74) is 15.6. The van der Waals surface area contributed by atoms with Gasteiger partial charge in [-0.2, -0.15) is 5.21 Å². The lowest BCUT2D eigenvalue weighted by Gasteiger charge is -2.35. The Hall–Kier alpha value is -4.35. The molecule has 12 heteroatoms. The molecule has 1 aliphatic rings. The first-order valence-electron chi connectivity index (χ1n) is 13.4. The molecule has 2 amide bonds. The van der Waals surface area contributed by atoms with Crippen LogP contribution in [0.4, 0.5) is 5.69 Å². The molecule has 0 spiro atoms. The number of aromatic nitrogens is 5. The summed E-state index contributed by atoms with van der Waals surface area (Å²) in [6.45, 7) is 0.612. The number of hydrogen-bond donors (Lipinski definition) is 4. The number of tetrazole rings is 1. The highest BCUT2D eigenvalue weighted by molar-refractivity contribution is 6.01. The summed E-state index contributed by atoms with van der Waals surface area (Å²) in [7, 11) is 0. The van der Waals surface area contributed by atoms with E-state index in [4.69, 9.17) is 11.5 Å². The van der Waals surface area contributed by atoms with E-state index < -0.39 is 11.9 Å². The third-order valence-electron chi connectivity index (χ3n) is 7.66. The van der Waals surface area contributed by atoms with Gasteiger partial charge in [-0.05, 0) is 90.4 Å². The van der Waals surface area contributed by atoms with E-state index in [9.17, 15) is 14.4 Å². The van der Waals surface area contributed by atoms with Crippen molar-refractivity contribution in [1.82, 2.24) is 25.6 Å². The van der Waals surface area contributed by atoms with Gasteiger partial charge in [-0.25, -0.2) is 0 Å². The number of carbonyl (C=O) groups excluding carboxylic acids is 2. The molecule has 2 aromatic carbocycles. The second-order valence-electron chi connectivity index (χ2n) is 10.2. The molecular formula is C29H33ClN8O3. The Bertz CT molecular complexity index is 1480. The van der Waals surface area contributed by atoms with Crippen molar-refractivity contribution in [1.29, 1.82) is 0 Å². The molecule has 0 bridgehead atoms. The highest BCUT2D eigenvalue weighted by Crippen LogP contribution is 2.33. The van der Waals surface area contributed by atoms with Gasteiger partial charge >= 0.3 is 0 Å². The predicted octanol–water partition coefficient (Wildman–Crippen LogP) is 2.84. The monoisotopic (exact) mass is 576 g/mol. The highest BCUT2D eigenvalue weighted by Gasteiger charge is 2.36. The first kappa shape index (κ1) is 29.6. The second kappa shape index (κ2) is 13.3. The van der Waals surface area contributed by atoms with Crippen molar-refractivity contribution in [3.05, 3.63) is 82.8 Å². The Kier molecular flexibility index (Phi) is 9.64. The number of carbonyl (C=O) groups is 2. The number of anilines is 1. The normalized spacial score (nSPS) is 17.3. The van der Waals surface area contributed by atoms with E-state index in [1.807, 2.05) is 24.3 Å². The van der Waals surface area contributed by atoms with Crippen molar-refractivity contribution in [2.75, 3.05) is 11.4 Å². The Morgan fingerprint density at radius 1 is 0.927 bits per heavy atom. The number of aromatic amines is 2. The van der Waals surface area contributed by atoms with E-state index in [-0.39, 0.29) is 36.2 Å². The van der Waals surface area contributed by atoms with Gasteiger partial charge in [0, 0.05) is 35.9 Å². The van der Waals surface area contributed by atoms with Crippen molar-refractivity contribution in [3.63, 3.8) is 0 Å². The van der Waals surface area contributed by atoms with Crippen LogP contribution in [0.3, 0.4) is 0 Å². The topological polar surface area (TPSA) is 177 Å². The van der Waals surface area contributed by atoms with Gasteiger partial charge in [-0.15, -0.1) is 22.6 Å². The largest absolute Gasteiger partial charge is 0.368 e. The molecule has 2 heterocycles. The van der Waals surface area contributed by atoms with Gasteiger partial charge in [0.25, 0.3) is 0 Å². The van der Waals surface area contributed by atoms with Crippen LogP contribution in [0.2, 0.25) is 0 Å². The molecule has 0 unspecified atom stereocenters. The number of amides is 2. The molecule has 1 atom stereocenters. The number of pyridine rings is 1. The number of nitrogens with zero attached hydrogens (tertiary/aromatic N) is 4. The lowest BCUT2D eigenvalue weighted by Crippen LogP contribution is -2.52. The van der Waals surface area contributed by atoms with Crippen LogP contribution >= 0.6 is 12.4 Å². The number of halogens is 1. The third kappa shape index (κ3) is 6.87. The van der Waals surface area contributed by atoms with Gasteiger partial charge in [0.05, 0.1) is 0 Å². The average Bonchev–Trinajstić information content (AvgIpc) is 3.53. The Morgan fingerprint density at radius 2 is 1.59 bits per heavy atom. The first-order chi connectivity index (χ1) is 19.4. The zero-order chi connectivity index (χ0) is 28.1. The van der Waals surface area contributed by atoms with Crippen LogP contribution in [0, 0.1) is 11.8 Å². The summed E-state index contributed by atoms with van der Waals surface area (Å²) in [5, 5.41) is 14.0. The van der Waals surface area contributed by atoms with Crippen LogP contribution in [-0.4, -0.2) is 50.0 Å². The molecule has 41 heavy (non-hydrogen) atoms. The van der Waals surface area contributed by atoms with Gasteiger partial charge in [0.15, 0.2) is 0 Å². The van der Waals surface area contributed by atoms with Crippen LogP contribution in [0.25, 0.3) is 22.5 Å². The van der Waals surface area contributed by atoms with Crippen LogP contribution in [0.15, 0.2) is 71.7 Å². The predicted molar refractivity (Wildman–Crippen MR) is 158 cm³/mol. The van der Waals surface area contributed by atoms with E-state index in [1.54, 1.807) is 41.4 Å². The lowest BCUT2D eigenvalue weighted by atomic mass is 9.81. The molecular weight excluding hydrogens is 544 g/mol. The minimum Gasteiger partial charge on any atom is -0.368 e. The fourth-order valence-electron chi connectivity index (χ4n) is 5.32. The summed E-state index contributed by atoms with van der Waals surface area (Å²) < 4.78 is 0. The fraction of sp³-hybridized carbons (Fsp3) is 0.310. The molecule has 0 radical (unpaired) electrons. The third-order valence-corrected chi connectivity index (χ3v) is 7.66. The molecule has 11 nitrogen and oxygen atoms in total. The van der Waals surface area contributed by atoms with Gasteiger partial charge in [0.1, 0.15) is 6.04 Å². The van der Waals surface area contributed by atoms with Crippen LogP contribution in [0.5, 0.6) is 0 Å². The minimum atomic E-state index is -0.894. The van der Waals surface area contributed by atoms with Crippen molar-refractivity contribution in [2.24, 2.45) is 23.3 Å².